The molecule has 1 saturated carbocycles. The van der Waals surface area contributed by atoms with Crippen LogP contribution in [0.1, 0.15) is 24.0 Å². The van der Waals surface area contributed by atoms with Gasteiger partial charge in [-0.1, -0.05) is 41.4 Å². The molecule has 0 heterocycles. The van der Waals surface area contributed by atoms with Crippen LogP contribution in [0.25, 0.3) is 0 Å². The molecule has 0 saturated heterocycles. The van der Waals surface area contributed by atoms with E-state index in [0.717, 1.165) is 23.9 Å². The fourth-order valence-electron chi connectivity index (χ4n) is 2.08. The smallest absolute Gasteiger partial charge is 0.119 e. The largest absolute Gasteiger partial charge is 0.489 e. The van der Waals surface area contributed by atoms with Crippen LogP contribution >= 0.6 is 23.2 Å². The molecule has 1 fully saturated rings. The Bertz CT molecular complexity index is 588. The van der Waals surface area contributed by atoms with E-state index >= 15 is 0 Å². The highest BCUT2D eigenvalue weighted by atomic mass is 35.5. The molecule has 3 rings (SSSR count). The fraction of sp³-hybridized carbons (Fsp3) is 0.294. The molecule has 0 spiro atoms. The molecule has 2 aromatic rings. The first kappa shape index (κ1) is 14.7. The van der Waals surface area contributed by atoms with Crippen molar-refractivity contribution in [2.75, 3.05) is 0 Å². The van der Waals surface area contributed by atoms with Gasteiger partial charge in [0.15, 0.2) is 0 Å². The van der Waals surface area contributed by atoms with Crippen molar-refractivity contribution in [3.63, 3.8) is 0 Å². The maximum atomic E-state index is 6.13. The van der Waals surface area contributed by atoms with Crippen LogP contribution in [0.3, 0.4) is 0 Å². The van der Waals surface area contributed by atoms with E-state index in [4.69, 9.17) is 27.9 Å². The highest BCUT2D eigenvalue weighted by molar-refractivity contribution is 6.35. The Morgan fingerprint density at radius 3 is 2.29 bits per heavy atom. The zero-order valence-corrected chi connectivity index (χ0v) is 13.1. The minimum Gasteiger partial charge on any atom is -0.489 e. The van der Waals surface area contributed by atoms with Crippen molar-refractivity contribution in [1.82, 2.24) is 5.32 Å². The van der Waals surface area contributed by atoms with Gasteiger partial charge in [-0.05, 0) is 42.7 Å². The van der Waals surface area contributed by atoms with E-state index < -0.39 is 0 Å². The molecule has 0 radical (unpaired) electrons. The van der Waals surface area contributed by atoms with Gasteiger partial charge >= 0.3 is 0 Å². The van der Waals surface area contributed by atoms with E-state index in [0.29, 0.717) is 16.7 Å². The van der Waals surface area contributed by atoms with Gasteiger partial charge in [0.2, 0.25) is 0 Å². The number of hydrogen-bond acceptors (Lipinski definition) is 2. The van der Waals surface area contributed by atoms with Crippen molar-refractivity contribution in [1.29, 1.82) is 0 Å². The van der Waals surface area contributed by atoms with Gasteiger partial charge in [-0.3, -0.25) is 0 Å². The molecule has 1 aliphatic rings. The second kappa shape index (κ2) is 6.69. The summed E-state index contributed by atoms with van der Waals surface area (Å²) in [6.45, 7) is 1.29. The molecule has 0 aromatic heterocycles. The Hall–Kier alpha value is -1.22. The molecule has 1 aliphatic carbocycles. The predicted octanol–water partition coefficient (Wildman–Crippen LogP) is 4.82. The standard InChI is InChI=1S/C17H17Cl2NO/c18-16-2-1-3-17(19)15(16)11-21-14-8-4-12(5-9-14)10-20-13-6-7-13/h1-5,8-9,13,20H,6-7,10-11H2. The second-order valence-corrected chi connectivity index (χ2v) is 6.10. The summed E-state index contributed by atoms with van der Waals surface area (Å²) in [7, 11) is 0. The first-order valence-corrected chi connectivity index (χ1v) is 7.86. The van der Waals surface area contributed by atoms with E-state index in [1.807, 2.05) is 30.3 Å². The average molecular weight is 322 g/mol. The van der Waals surface area contributed by atoms with E-state index in [1.165, 1.54) is 18.4 Å². The van der Waals surface area contributed by atoms with E-state index in [9.17, 15) is 0 Å². The van der Waals surface area contributed by atoms with Gasteiger partial charge in [-0.15, -0.1) is 0 Å². The molecule has 0 aliphatic heterocycles. The molecule has 0 atom stereocenters. The molecule has 110 valence electrons. The Balaban J connectivity index is 1.57. The average Bonchev–Trinajstić information content (AvgIpc) is 3.30. The van der Waals surface area contributed by atoms with E-state index in [2.05, 4.69) is 17.4 Å². The first-order valence-electron chi connectivity index (χ1n) is 7.10. The van der Waals surface area contributed by atoms with Gasteiger partial charge < -0.3 is 10.1 Å². The van der Waals surface area contributed by atoms with E-state index in [-0.39, 0.29) is 0 Å². The summed E-state index contributed by atoms with van der Waals surface area (Å²) >= 11 is 12.3. The van der Waals surface area contributed by atoms with Crippen molar-refractivity contribution in [2.24, 2.45) is 0 Å². The lowest BCUT2D eigenvalue weighted by Crippen LogP contribution is -2.15. The third-order valence-electron chi connectivity index (χ3n) is 3.54. The number of hydrogen-bond donors (Lipinski definition) is 1. The maximum absolute atomic E-state index is 6.13. The van der Waals surface area contributed by atoms with Crippen LogP contribution in [-0.4, -0.2) is 6.04 Å². The lowest BCUT2D eigenvalue weighted by Gasteiger charge is -2.10. The van der Waals surface area contributed by atoms with Crippen LogP contribution in [0, 0.1) is 0 Å². The number of rotatable bonds is 6. The second-order valence-electron chi connectivity index (χ2n) is 5.29. The van der Waals surface area contributed by atoms with Crippen molar-refractivity contribution in [3.8, 4) is 5.75 Å². The zero-order valence-electron chi connectivity index (χ0n) is 11.6. The van der Waals surface area contributed by atoms with Crippen LogP contribution in [0.5, 0.6) is 5.75 Å². The third kappa shape index (κ3) is 4.13. The quantitative estimate of drug-likeness (QED) is 0.823. The number of ether oxygens (including phenoxy) is 1. The number of halogens is 2. The summed E-state index contributed by atoms with van der Waals surface area (Å²) in [4.78, 5) is 0. The molecular weight excluding hydrogens is 305 g/mol. The van der Waals surface area contributed by atoms with Gasteiger partial charge in [0.1, 0.15) is 12.4 Å². The minimum absolute atomic E-state index is 0.373. The summed E-state index contributed by atoms with van der Waals surface area (Å²) in [6.07, 6.45) is 2.61. The lowest BCUT2D eigenvalue weighted by atomic mass is 10.2. The molecule has 21 heavy (non-hydrogen) atoms. The van der Waals surface area contributed by atoms with Crippen LogP contribution in [0.4, 0.5) is 0 Å². The summed E-state index contributed by atoms with van der Waals surface area (Å²) in [5, 5.41) is 4.75. The van der Waals surface area contributed by atoms with Gasteiger partial charge in [-0.2, -0.15) is 0 Å². The Kier molecular flexibility index (Phi) is 4.69. The highest BCUT2D eigenvalue weighted by Gasteiger charge is 2.19. The third-order valence-corrected chi connectivity index (χ3v) is 4.25. The van der Waals surface area contributed by atoms with Crippen LogP contribution in [0.15, 0.2) is 42.5 Å². The molecule has 2 nitrogen and oxygen atoms in total. The Morgan fingerprint density at radius 2 is 1.67 bits per heavy atom. The summed E-state index contributed by atoms with van der Waals surface area (Å²) in [6, 6.07) is 14.3. The SMILES string of the molecule is Clc1cccc(Cl)c1COc1ccc(CNC2CC2)cc1. The summed E-state index contributed by atoms with van der Waals surface area (Å²) < 4.78 is 5.76. The van der Waals surface area contributed by atoms with Crippen LogP contribution in [0.2, 0.25) is 10.0 Å². The predicted molar refractivity (Wildman–Crippen MR) is 87.1 cm³/mol. The van der Waals surface area contributed by atoms with Crippen molar-refractivity contribution < 1.29 is 4.74 Å². The Morgan fingerprint density at radius 1 is 1.00 bits per heavy atom. The monoisotopic (exact) mass is 321 g/mol. The van der Waals surface area contributed by atoms with Gasteiger partial charge in [-0.25, -0.2) is 0 Å². The van der Waals surface area contributed by atoms with Gasteiger partial charge in [0.25, 0.3) is 0 Å². The number of nitrogens with one attached hydrogen (secondary N) is 1. The lowest BCUT2D eigenvalue weighted by molar-refractivity contribution is 0.306. The van der Waals surface area contributed by atoms with Crippen LogP contribution < -0.4 is 10.1 Å². The topological polar surface area (TPSA) is 21.3 Å². The first-order chi connectivity index (χ1) is 10.2. The summed E-state index contributed by atoms with van der Waals surface area (Å²) in [5.41, 5.74) is 2.09. The molecule has 1 N–H and O–H groups in total. The zero-order chi connectivity index (χ0) is 14.7. The fourth-order valence-corrected chi connectivity index (χ4v) is 2.59. The van der Waals surface area contributed by atoms with Crippen LogP contribution in [-0.2, 0) is 13.2 Å². The molecule has 0 unspecified atom stereocenters. The van der Waals surface area contributed by atoms with Crippen molar-refractivity contribution in [3.05, 3.63) is 63.6 Å². The molecule has 0 bridgehead atoms. The normalized spacial score (nSPS) is 14.2. The molecular formula is C17H17Cl2NO. The maximum Gasteiger partial charge on any atom is 0.119 e. The molecule has 2 aromatic carbocycles. The van der Waals surface area contributed by atoms with Crippen molar-refractivity contribution in [2.45, 2.75) is 32.0 Å². The minimum atomic E-state index is 0.373. The Labute approximate surface area is 135 Å². The highest BCUT2D eigenvalue weighted by Crippen LogP contribution is 2.26. The summed E-state index contributed by atoms with van der Waals surface area (Å²) in [5.74, 6) is 0.821. The number of benzene rings is 2. The van der Waals surface area contributed by atoms with Crippen molar-refractivity contribution >= 4 is 23.2 Å². The van der Waals surface area contributed by atoms with E-state index in [1.54, 1.807) is 0 Å². The molecule has 0 amide bonds. The van der Waals surface area contributed by atoms with Gasteiger partial charge in [0, 0.05) is 28.2 Å². The molecule has 4 heteroatoms. The van der Waals surface area contributed by atoms with Gasteiger partial charge in [0.05, 0.1) is 0 Å².